The summed E-state index contributed by atoms with van der Waals surface area (Å²) in [6.45, 7) is 0.898. The summed E-state index contributed by atoms with van der Waals surface area (Å²) in [5, 5.41) is 0. The Morgan fingerprint density at radius 1 is 0.800 bits per heavy atom. The summed E-state index contributed by atoms with van der Waals surface area (Å²) in [7, 11) is 0. The summed E-state index contributed by atoms with van der Waals surface area (Å²) in [5.74, 6) is -2.33. The first-order valence-corrected chi connectivity index (χ1v) is 9.56. The van der Waals surface area contributed by atoms with E-state index in [1.807, 2.05) is 48.5 Å². The van der Waals surface area contributed by atoms with Crippen LogP contribution in [0.3, 0.4) is 0 Å². The van der Waals surface area contributed by atoms with E-state index in [9.17, 15) is 8.78 Å². The van der Waals surface area contributed by atoms with Gasteiger partial charge in [-0.25, -0.2) is 8.78 Å². The Balaban J connectivity index is 1.76. The quantitative estimate of drug-likeness (QED) is 0.373. The number of alkyl halides is 2. The first-order valence-electron chi connectivity index (χ1n) is 9.56. The number of ether oxygens (including phenoxy) is 1. The van der Waals surface area contributed by atoms with Crippen LogP contribution in [-0.4, -0.2) is 9.97 Å². The van der Waals surface area contributed by atoms with E-state index in [1.165, 1.54) is 12.1 Å². The fourth-order valence-corrected chi connectivity index (χ4v) is 3.29. The lowest BCUT2D eigenvalue weighted by atomic mass is 9.99. The molecular formula is C25H20F2N2O. The minimum absolute atomic E-state index is 0.0362. The third-order valence-electron chi connectivity index (χ3n) is 4.79. The van der Waals surface area contributed by atoms with Crippen LogP contribution in [0.5, 0.6) is 5.75 Å². The minimum Gasteiger partial charge on any atom is -0.480 e. The maximum Gasteiger partial charge on any atom is 0.270 e. The molecule has 0 saturated heterocycles. The maximum absolute atomic E-state index is 13.9. The second-order valence-electron chi connectivity index (χ2n) is 7.04. The lowest BCUT2D eigenvalue weighted by Gasteiger charge is -2.22. The molecule has 0 unspecified atom stereocenters. The van der Waals surface area contributed by atoms with E-state index in [1.54, 1.807) is 36.9 Å². The number of aromatic nitrogens is 2. The number of para-hydroxylation sites is 1. The van der Waals surface area contributed by atoms with E-state index in [4.69, 9.17) is 4.74 Å². The summed E-state index contributed by atoms with van der Waals surface area (Å²) in [6, 6.07) is 21.4. The van der Waals surface area contributed by atoms with Gasteiger partial charge in [-0.2, -0.15) is 0 Å². The zero-order valence-electron chi connectivity index (χ0n) is 16.4. The highest BCUT2D eigenvalue weighted by Crippen LogP contribution is 2.37. The van der Waals surface area contributed by atoms with Gasteiger partial charge in [0.05, 0.1) is 0 Å². The van der Waals surface area contributed by atoms with Crippen molar-refractivity contribution < 1.29 is 13.5 Å². The standard InChI is InChI=1S/C25H20F2N2O/c1-25(26,27)21-10-4-7-18(15-21)22-11-2-3-12-23(22)30-24(19-8-5-13-28-16-19)20-9-6-14-29-17-20/h2-17,24H,1H3. The second-order valence-corrected chi connectivity index (χ2v) is 7.04. The molecule has 0 fully saturated rings. The molecule has 3 nitrogen and oxygen atoms in total. The molecule has 2 aromatic carbocycles. The molecule has 0 N–H and O–H groups in total. The smallest absolute Gasteiger partial charge is 0.270 e. The molecule has 150 valence electrons. The fraction of sp³-hybridized carbons (Fsp3) is 0.120. The third-order valence-corrected chi connectivity index (χ3v) is 4.79. The number of rotatable bonds is 6. The van der Waals surface area contributed by atoms with Crippen molar-refractivity contribution >= 4 is 0 Å². The van der Waals surface area contributed by atoms with Crippen molar-refractivity contribution in [1.29, 1.82) is 0 Å². The normalized spacial score (nSPS) is 11.5. The van der Waals surface area contributed by atoms with E-state index in [0.29, 0.717) is 11.3 Å². The molecule has 0 bridgehead atoms. The maximum atomic E-state index is 13.9. The fourth-order valence-electron chi connectivity index (χ4n) is 3.29. The van der Waals surface area contributed by atoms with Gasteiger partial charge in [-0.1, -0.05) is 48.5 Å². The molecule has 0 amide bonds. The number of hydrogen-bond donors (Lipinski definition) is 0. The van der Waals surface area contributed by atoms with Gasteiger partial charge in [0.1, 0.15) is 5.75 Å². The van der Waals surface area contributed by atoms with Crippen LogP contribution in [0.15, 0.2) is 97.6 Å². The molecule has 0 radical (unpaired) electrons. The van der Waals surface area contributed by atoms with Gasteiger partial charge in [0.15, 0.2) is 6.10 Å². The largest absolute Gasteiger partial charge is 0.480 e. The van der Waals surface area contributed by atoms with Gasteiger partial charge in [0.25, 0.3) is 5.92 Å². The predicted molar refractivity (Wildman–Crippen MR) is 112 cm³/mol. The van der Waals surface area contributed by atoms with Crippen molar-refractivity contribution in [2.24, 2.45) is 0 Å². The van der Waals surface area contributed by atoms with Crippen LogP contribution in [-0.2, 0) is 5.92 Å². The van der Waals surface area contributed by atoms with Crippen LogP contribution in [0.25, 0.3) is 11.1 Å². The molecule has 4 aromatic rings. The van der Waals surface area contributed by atoms with Crippen molar-refractivity contribution in [1.82, 2.24) is 9.97 Å². The molecule has 2 aromatic heterocycles. The third kappa shape index (κ3) is 4.35. The van der Waals surface area contributed by atoms with Crippen LogP contribution in [0, 0.1) is 0 Å². The van der Waals surface area contributed by atoms with E-state index < -0.39 is 12.0 Å². The van der Waals surface area contributed by atoms with Crippen molar-refractivity contribution in [3.8, 4) is 16.9 Å². The van der Waals surface area contributed by atoms with Crippen LogP contribution in [0.4, 0.5) is 8.78 Å². The SMILES string of the molecule is CC(F)(F)c1cccc(-c2ccccc2OC(c2cccnc2)c2cccnc2)c1. The Bertz CT molecular complexity index is 1070. The Hall–Kier alpha value is -3.60. The Labute approximate surface area is 174 Å². The summed E-state index contributed by atoms with van der Waals surface area (Å²) in [4.78, 5) is 8.42. The van der Waals surface area contributed by atoms with Crippen molar-refractivity contribution in [3.63, 3.8) is 0 Å². The van der Waals surface area contributed by atoms with Gasteiger partial charge < -0.3 is 4.74 Å². The molecule has 2 heterocycles. The second kappa shape index (κ2) is 8.41. The van der Waals surface area contributed by atoms with E-state index in [-0.39, 0.29) is 5.56 Å². The van der Waals surface area contributed by atoms with Crippen LogP contribution >= 0.6 is 0 Å². The molecular weight excluding hydrogens is 382 g/mol. The van der Waals surface area contributed by atoms with Gasteiger partial charge in [0, 0.05) is 54.0 Å². The van der Waals surface area contributed by atoms with Gasteiger partial charge in [-0.05, 0) is 29.8 Å². The van der Waals surface area contributed by atoms with Crippen LogP contribution in [0.1, 0.15) is 29.7 Å². The average molecular weight is 402 g/mol. The average Bonchev–Trinajstić information content (AvgIpc) is 2.78. The summed E-state index contributed by atoms with van der Waals surface area (Å²) < 4.78 is 34.1. The van der Waals surface area contributed by atoms with Crippen molar-refractivity contribution in [3.05, 3.63) is 114 Å². The lowest BCUT2D eigenvalue weighted by molar-refractivity contribution is 0.0175. The topological polar surface area (TPSA) is 35.0 Å². The number of pyridine rings is 2. The first kappa shape index (κ1) is 19.7. The highest BCUT2D eigenvalue weighted by Gasteiger charge is 2.25. The van der Waals surface area contributed by atoms with Gasteiger partial charge in [-0.15, -0.1) is 0 Å². The van der Waals surface area contributed by atoms with Crippen molar-refractivity contribution in [2.45, 2.75) is 19.0 Å². The zero-order valence-corrected chi connectivity index (χ0v) is 16.4. The number of hydrogen-bond acceptors (Lipinski definition) is 3. The monoisotopic (exact) mass is 402 g/mol. The highest BCUT2D eigenvalue weighted by atomic mass is 19.3. The molecule has 0 saturated carbocycles. The molecule has 0 aliphatic carbocycles. The van der Waals surface area contributed by atoms with Gasteiger partial charge >= 0.3 is 0 Å². The van der Waals surface area contributed by atoms with E-state index in [2.05, 4.69) is 9.97 Å². The zero-order chi connectivity index (χ0) is 21.0. The Morgan fingerprint density at radius 3 is 2.07 bits per heavy atom. The number of benzene rings is 2. The van der Waals surface area contributed by atoms with Crippen molar-refractivity contribution in [2.75, 3.05) is 0 Å². The number of nitrogens with zero attached hydrogens (tertiary/aromatic N) is 2. The summed E-state index contributed by atoms with van der Waals surface area (Å²) in [6.07, 6.45) is 6.46. The molecule has 0 aliphatic heterocycles. The molecule has 5 heteroatoms. The Morgan fingerprint density at radius 2 is 1.47 bits per heavy atom. The summed E-state index contributed by atoms with van der Waals surface area (Å²) >= 11 is 0. The van der Waals surface area contributed by atoms with Gasteiger partial charge in [-0.3, -0.25) is 9.97 Å². The molecule has 0 spiro atoms. The van der Waals surface area contributed by atoms with Crippen LogP contribution in [0.2, 0.25) is 0 Å². The number of halogens is 2. The van der Waals surface area contributed by atoms with Gasteiger partial charge in [0.2, 0.25) is 0 Å². The minimum atomic E-state index is -2.92. The molecule has 30 heavy (non-hydrogen) atoms. The van der Waals surface area contributed by atoms with E-state index >= 15 is 0 Å². The molecule has 4 rings (SSSR count). The first-order chi connectivity index (χ1) is 14.5. The predicted octanol–water partition coefficient (Wildman–Crippen LogP) is 6.42. The van der Waals surface area contributed by atoms with Crippen LogP contribution < -0.4 is 4.74 Å². The van der Waals surface area contributed by atoms with E-state index in [0.717, 1.165) is 23.6 Å². The Kier molecular flexibility index (Phi) is 5.53. The summed E-state index contributed by atoms with van der Waals surface area (Å²) in [5.41, 5.74) is 3.11. The molecule has 0 aliphatic rings. The highest BCUT2D eigenvalue weighted by molar-refractivity contribution is 5.71. The molecule has 0 atom stereocenters. The lowest BCUT2D eigenvalue weighted by Crippen LogP contribution is -2.11.